The maximum Gasteiger partial charge on any atom is 0.227 e. The second-order valence-corrected chi connectivity index (χ2v) is 4.43. The first-order chi connectivity index (χ1) is 8.58. The Morgan fingerprint density at radius 2 is 1.94 bits per heavy atom. The Kier molecular flexibility index (Phi) is 5.62. The zero-order chi connectivity index (χ0) is 13.5. The highest BCUT2D eigenvalue weighted by molar-refractivity contribution is 5.92. The largest absolute Gasteiger partial charge is 0.505 e. The maximum atomic E-state index is 13.1. The summed E-state index contributed by atoms with van der Waals surface area (Å²) >= 11 is 0. The lowest BCUT2D eigenvalue weighted by Crippen LogP contribution is -2.22. The molecule has 0 saturated carbocycles. The van der Waals surface area contributed by atoms with Crippen molar-refractivity contribution in [3.8, 4) is 5.75 Å². The number of carbonyl (C=O) groups is 1. The summed E-state index contributed by atoms with van der Waals surface area (Å²) in [4.78, 5) is 12.0. The number of phenols is 1. The Bertz CT molecular complexity index is 401. The molecule has 0 atom stereocenters. The molecular formula is C14H20FNO2. The lowest BCUT2D eigenvalue weighted by Gasteiger charge is -2.15. The maximum absolute atomic E-state index is 13.1. The van der Waals surface area contributed by atoms with Gasteiger partial charge in [0, 0.05) is 17.7 Å². The number of hydrogen-bond acceptors (Lipinski definition) is 2. The van der Waals surface area contributed by atoms with E-state index in [0.29, 0.717) is 5.69 Å². The quantitative estimate of drug-likeness (QED) is 0.760. The minimum Gasteiger partial charge on any atom is -0.505 e. The second-order valence-electron chi connectivity index (χ2n) is 4.43. The molecular weight excluding hydrogens is 233 g/mol. The van der Waals surface area contributed by atoms with E-state index < -0.39 is 11.6 Å². The van der Waals surface area contributed by atoms with E-state index in [1.54, 1.807) is 0 Å². The van der Waals surface area contributed by atoms with Crippen molar-refractivity contribution < 1.29 is 14.3 Å². The zero-order valence-electron chi connectivity index (χ0n) is 10.9. The van der Waals surface area contributed by atoms with Gasteiger partial charge in [0.15, 0.2) is 11.6 Å². The van der Waals surface area contributed by atoms with Crippen LogP contribution in [0.5, 0.6) is 5.75 Å². The standard InChI is InChI=1S/C14H20FNO2/c1-3-5-10(6-4-2)14(18)16-11-7-8-13(17)12(15)9-11/h7-10,17H,3-6H2,1-2H3,(H,16,18). The van der Waals surface area contributed by atoms with Crippen LogP contribution in [0.2, 0.25) is 0 Å². The van der Waals surface area contributed by atoms with Crippen molar-refractivity contribution in [3.05, 3.63) is 24.0 Å². The predicted octanol–water partition coefficient (Wildman–Crippen LogP) is 3.69. The van der Waals surface area contributed by atoms with Gasteiger partial charge in [0.2, 0.25) is 5.91 Å². The summed E-state index contributed by atoms with van der Waals surface area (Å²) in [6, 6.07) is 3.85. The number of carbonyl (C=O) groups excluding carboxylic acids is 1. The molecule has 0 aliphatic carbocycles. The Balaban J connectivity index is 2.69. The van der Waals surface area contributed by atoms with Crippen LogP contribution in [0.4, 0.5) is 10.1 Å². The number of anilines is 1. The third-order valence-corrected chi connectivity index (χ3v) is 2.86. The van der Waals surface area contributed by atoms with Gasteiger partial charge in [-0.25, -0.2) is 4.39 Å². The normalized spacial score (nSPS) is 10.7. The van der Waals surface area contributed by atoms with Crippen molar-refractivity contribution in [1.82, 2.24) is 0 Å². The van der Waals surface area contributed by atoms with Gasteiger partial charge in [-0.05, 0) is 25.0 Å². The van der Waals surface area contributed by atoms with Crippen molar-refractivity contribution in [1.29, 1.82) is 0 Å². The van der Waals surface area contributed by atoms with Gasteiger partial charge in [-0.15, -0.1) is 0 Å². The molecule has 0 fully saturated rings. The van der Waals surface area contributed by atoms with E-state index in [1.165, 1.54) is 12.1 Å². The highest BCUT2D eigenvalue weighted by Crippen LogP contribution is 2.21. The van der Waals surface area contributed by atoms with E-state index in [-0.39, 0.29) is 11.8 Å². The van der Waals surface area contributed by atoms with Crippen LogP contribution in [-0.2, 0) is 4.79 Å². The zero-order valence-corrected chi connectivity index (χ0v) is 10.9. The fourth-order valence-corrected chi connectivity index (χ4v) is 1.93. The number of halogens is 1. The van der Waals surface area contributed by atoms with E-state index in [2.05, 4.69) is 5.32 Å². The minimum atomic E-state index is -0.727. The van der Waals surface area contributed by atoms with Gasteiger partial charge in [-0.1, -0.05) is 26.7 Å². The molecule has 0 aliphatic rings. The first-order valence-corrected chi connectivity index (χ1v) is 6.37. The number of hydrogen-bond donors (Lipinski definition) is 2. The highest BCUT2D eigenvalue weighted by atomic mass is 19.1. The summed E-state index contributed by atoms with van der Waals surface area (Å²) in [5, 5.41) is 11.8. The van der Waals surface area contributed by atoms with E-state index in [1.807, 2.05) is 13.8 Å². The summed E-state index contributed by atoms with van der Waals surface area (Å²) in [7, 11) is 0. The molecule has 0 aliphatic heterocycles. The first-order valence-electron chi connectivity index (χ1n) is 6.37. The number of rotatable bonds is 6. The molecule has 0 bridgehead atoms. The minimum absolute atomic E-state index is 0.0307. The molecule has 0 radical (unpaired) electrons. The monoisotopic (exact) mass is 253 g/mol. The van der Waals surface area contributed by atoms with Crippen molar-refractivity contribution in [2.45, 2.75) is 39.5 Å². The third-order valence-electron chi connectivity index (χ3n) is 2.86. The Hall–Kier alpha value is -1.58. The Morgan fingerprint density at radius 1 is 1.33 bits per heavy atom. The average Bonchev–Trinajstić information content (AvgIpc) is 2.33. The van der Waals surface area contributed by atoms with Crippen molar-refractivity contribution >= 4 is 11.6 Å². The summed E-state index contributed by atoms with van der Waals surface area (Å²) in [6.45, 7) is 4.08. The second kappa shape index (κ2) is 6.99. The number of phenolic OH excluding ortho intramolecular Hbond substituents is 1. The molecule has 0 aromatic heterocycles. The van der Waals surface area contributed by atoms with E-state index in [4.69, 9.17) is 5.11 Å². The third kappa shape index (κ3) is 4.02. The average molecular weight is 253 g/mol. The fraction of sp³-hybridized carbons (Fsp3) is 0.500. The lowest BCUT2D eigenvalue weighted by atomic mass is 9.97. The molecule has 1 aromatic rings. The summed E-state index contributed by atoms with van der Waals surface area (Å²) in [5.74, 6) is -1.25. The van der Waals surface area contributed by atoms with Crippen molar-refractivity contribution in [2.24, 2.45) is 5.92 Å². The molecule has 4 heteroatoms. The molecule has 18 heavy (non-hydrogen) atoms. The fourth-order valence-electron chi connectivity index (χ4n) is 1.93. The van der Waals surface area contributed by atoms with Crippen LogP contribution in [0.1, 0.15) is 39.5 Å². The van der Waals surface area contributed by atoms with Gasteiger partial charge < -0.3 is 10.4 Å². The van der Waals surface area contributed by atoms with Crippen LogP contribution in [0.25, 0.3) is 0 Å². The molecule has 3 nitrogen and oxygen atoms in total. The Labute approximate surface area is 107 Å². The lowest BCUT2D eigenvalue weighted by molar-refractivity contribution is -0.120. The summed E-state index contributed by atoms with van der Waals surface area (Å²) < 4.78 is 13.1. The van der Waals surface area contributed by atoms with Crippen molar-refractivity contribution in [2.75, 3.05) is 5.32 Å². The SMILES string of the molecule is CCCC(CCC)C(=O)Nc1ccc(O)c(F)c1. The molecule has 0 unspecified atom stereocenters. The van der Waals surface area contributed by atoms with Crippen LogP contribution in [0, 0.1) is 11.7 Å². The van der Waals surface area contributed by atoms with Crippen molar-refractivity contribution in [3.63, 3.8) is 0 Å². The molecule has 100 valence electrons. The van der Waals surface area contributed by atoms with Crippen LogP contribution in [-0.4, -0.2) is 11.0 Å². The predicted molar refractivity (Wildman–Crippen MR) is 70.0 cm³/mol. The highest BCUT2D eigenvalue weighted by Gasteiger charge is 2.17. The molecule has 0 saturated heterocycles. The Morgan fingerprint density at radius 3 is 2.44 bits per heavy atom. The number of benzene rings is 1. The van der Waals surface area contributed by atoms with Crippen LogP contribution >= 0.6 is 0 Å². The molecule has 0 spiro atoms. The molecule has 2 N–H and O–H groups in total. The molecule has 1 aromatic carbocycles. The van der Waals surface area contributed by atoms with E-state index >= 15 is 0 Å². The number of amides is 1. The smallest absolute Gasteiger partial charge is 0.227 e. The van der Waals surface area contributed by atoms with Crippen LogP contribution in [0.15, 0.2) is 18.2 Å². The van der Waals surface area contributed by atoms with Gasteiger partial charge in [0.1, 0.15) is 0 Å². The first kappa shape index (κ1) is 14.5. The number of nitrogens with one attached hydrogen (secondary N) is 1. The van der Waals surface area contributed by atoms with Gasteiger partial charge in [0.05, 0.1) is 0 Å². The summed E-state index contributed by atoms with van der Waals surface area (Å²) in [6.07, 6.45) is 3.56. The topological polar surface area (TPSA) is 49.3 Å². The van der Waals surface area contributed by atoms with Gasteiger partial charge in [-0.2, -0.15) is 0 Å². The summed E-state index contributed by atoms with van der Waals surface area (Å²) in [5.41, 5.74) is 0.382. The van der Waals surface area contributed by atoms with E-state index in [9.17, 15) is 9.18 Å². The molecule has 0 heterocycles. The number of aromatic hydroxyl groups is 1. The van der Waals surface area contributed by atoms with Gasteiger partial charge in [-0.3, -0.25) is 4.79 Å². The van der Waals surface area contributed by atoms with E-state index in [0.717, 1.165) is 31.7 Å². The van der Waals surface area contributed by atoms with Crippen LogP contribution in [0.3, 0.4) is 0 Å². The molecule has 1 amide bonds. The van der Waals surface area contributed by atoms with Gasteiger partial charge >= 0.3 is 0 Å². The molecule has 1 rings (SSSR count). The van der Waals surface area contributed by atoms with Gasteiger partial charge in [0.25, 0.3) is 0 Å². The van der Waals surface area contributed by atoms with Crippen LogP contribution < -0.4 is 5.32 Å².